The van der Waals surface area contributed by atoms with Crippen LogP contribution in [0.2, 0.25) is 0 Å². The highest BCUT2D eigenvalue weighted by Crippen LogP contribution is 2.25. The maximum atomic E-state index is 5.81. The Morgan fingerprint density at radius 1 is 1.33 bits per heavy atom. The quantitative estimate of drug-likeness (QED) is 0.785. The highest BCUT2D eigenvalue weighted by molar-refractivity contribution is 8.00. The molecule has 1 rings (SSSR count). The zero-order chi connectivity index (χ0) is 11.3. The summed E-state index contributed by atoms with van der Waals surface area (Å²) in [5.74, 6) is 0.706. The first kappa shape index (κ1) is 13.3. The van der Waals surface area contributed by atoms with Crippen molar-refractivity contribution in [1.82, 2.24) is 4.90 Å². The average molecular weight is 230 g/mol. The van der Waals surface area contributed by atoms with E-state index in [1.54, 1.807) is 0 Å². The third kappa shape index (κ3) is 4.75. The Morgan fingerprint density at radius 2 is 1.93 bits per heavy atom. The van der Waals surface area contributed by atoms with E-state index < -0.39 is 0 Å². The Kier molecular flexibility index (Phi) is 6.02. The van der Waals surface area contributed by atoms with Gasteiger partial charge in [0.1, 0.15) is 0 Å². The molecule has 0 aromatic carbocycles. The molecule has 1 heterocycles. The van der Waals surface area contributed by atoms with Gasteiger partial charge in [0.25, 0.3) is 0 Å². The van der Waals surface area contributed by atoms with E-state index in [1.165, 1.54) is 32.5 Å². The van der Waals surface area contributed by atoms with Crippen LogP contribution in [0.15, 0.2) is 0 Å². The first-order chi connectivity index (χ1) is 7.15. The van der Waals surface area contributed by atoms with Gasteiger partial charge in [0.15, 0.2) is 0 Å². The lowest BCUT2D eigenvalue weighted by Crippen LogP contribution is -2.43. The topological polar surface area (TPSA) is 29.3 Å². The van der Waals surface area contributed by atoms with Crippen LogP contribution in [-0.2, 0) is 0 Å². The van der Waals surface area contributed by atoms with Crippen molar-refractivity contribution in [1.29, 1.82) is 0 Å². The summed E-state index contributed by atoms with van der Waals surface area (Å²) >= 11 is 2.12. The van der Waals surface area contributed by atoms with Gasteiger partial charge in [-0.3, -0.25) is 0 Å². The van der Waals surface area contributed by atoms with E-state index in [4.69, 9.17) is 5.73 Å². The molecule has 0 spiro atoms. The van der Waals surface area contributed by atoms with E-state index in [0.717, 1.165) is 17.0 Å². The molecule has 0 saturated carbocycles. The molecular weight excluding hydrogens is 204 g/mol. The van der Waals surface area contributed by atoms with Gasteiger partial charge in [0.2, 0.25) is 0 Å². The maximum Gasteiger partial charge on any atom is 0.0149 e. The Bertz CT molecular complexity index is 165. The van der Waals surface area contributed by atoms with E-state index >= 15 is 0 Å². The summed E-state index contributed by atoms with van der Waals surface area (Å²) in [6, 6.07) is 0. The van der Waals surface area contributed by atoms with Gasteiger partial charge in [0, 0.05) is 30.1 Å². The van der Waals surface area contributed by atoms with E-state index in [0.29, 0.717) is 5.92 Å². The van der Waals surface area contributed by atoms with Crippen LogP contribution in [-0.4, -0.2) is 41.6 Å². The zero-order valence-electron chi connectivity index (χ0n) is 10.4. The van der Waals surface area contributed by atoms with E-state index in [9.17, 15) is 0 Å². The second kappa shape index (κ2) is 6.77. The molecule has 1 aliphatic rings. The molecule has 3 atom stereocenters. The standard InChI is InChI=1S/C12H26N2S/c1-4-5-12(6-13)9-14-7-10(2)15-11(3)8-14/h10-12H,4-9,13H2,1-3H3. The predicted molar refractivity (Wildman–Crippen MR) is 70.4 cm³/mol. The molecule has 90 valence electrons. The fourth-order valence-corrected chi connectivity index (χ4v) is 3.88. The van der Waals surface area contributed by atoms with E-state index in [-0.39, 0.29) is 0 Å². The summed E-state index contributed by atoms with van der Waals surface area (Å²) in [7, 11) is 0. The van der Waals surface area contributed by atoms with Gasteiger partial charge in [-0.25, -0.2) is 0 Å². The number of hydrogen-bond donors (Lipinski definition) is 1. The van der Waals surface area contributed by atoms with Crippen LogP contribution in [0, 0.1) is 5.92 Å². The molecule has 0 bridgehead atoms. The third-order valence-corrected chi connectivity index (χ3v) is 4.27. The molecule has 1 fully saturated rings. The monoisotopic (exact) mass is 230 g/mol. The molecule has 0 amide bonds. The van der Waals surface area contributed by atoms with E-state index in [1.807, 2.05) is 0 Å². The van der Waals surface area contributed by atoms with Crippen molar-refractivity contribution in [3.63, 3.8) is 0 Å². The third-order valence-electron chi connectivity index (χ3n) is 3.04. The van der Waals surface area contributed by atoms with E-state index in [2.05, 4.69) is 37.4 Å². The second-order valence-electron chi connectivity index (χ2n) is 4.87. The Morgan fingerprint density at radius 3 is 2.40 bits per heavy atom. The molecule has 0 aromatic rings. The molecule has 2 N–H and O–H groups in total. The van der Waals surface area contributed by atoms with Crippen LogP contribution in [0.3, 0.4) is 0 Å². The van der Waals surface area contributed by atoms with Gasteiger partial charge in [0.05, 0.1) is 0 Å². The molecule has 3 heteroatoms. The Hall–Kier alpha value is 0.270. The minimum atomic E-state index is 0.706. The van der Waals surface area contributed by atoms with Gasteiger partial charge in [-0.15, -0.1) is 0 Å². The highest BCUT2D eigenvalue weighted by atomic mass is 32.2. The second-order valence-corrected chi connectivity index (χ2v) is 6.75. The van der Waals surface area contributed by atoms with Crippen LogP contribution in [0.5, 0.6) is 0 Å². The van der Waals surface area contributed by atoms with Gasteiger partial charge in [-0.2, -0.15) is 11.8 Å². The number of hydrogen-bond acceptors (Lipinski definition) is 3. The molecule has 0 radical (unpaired) electrons. The Labute approximate surface area is 99.0 Å². The van der Waals surface area contributed by atoms with Crippen molar-refractivity contribution >= 4 is 11.8 Å². The molecule has 1 saturated heterocycles. The van der Waals surface area contributed by atoms with Crippen molar-refractivity contribution in [3.8, 4) is 0 Å². The van der Waals surface area contributed by atoms with Crippen molar-refractivity contribution in [2.75, 3.05) is 26.2 Å². The number of rotatable bonds is 5. The van der Waals surface area contributed by atoms with Gasteiger partial charge < -0.3 is 10.6 Å². The Balaban J connectivity index is 2.35. The van der Waals surface area contributed by atoms with Crippen LogP contribution in [0.4, 0.5) is 0 Å². The predicted octanol–water partition coefficient (Wildman–Crippen LogP) is 2.19. The first-order valence-corrected chi connectivity index (χ1v) is 7.17. The minimum absolute atomic E-state index is 0.706. The van der Waals surface area contributed by atoms with Crippen LogP contribution in [0.25, 0.3) is 0 Å². The summed E-state index contributed by atoms with van der Waals surface area (Å²) in [4.78, 5) is 2.61. The molecule has 0 aromatic heterocycles. The van der Waals surface area contributed by atoms with Crippen LogP contribution in [0.1, 0.15) is 33.6 Å². The fourth-order valence-electron chi connectivity index (χ4n) is 2.49. The molecule has 1 aliphatic heterocycles. The van der Waals surface area contributed by atoms with Crippen molar-refractivity contribution in [3.05, 3.63) is 0 Å². The summed E-state index contributed by atoms with van der Waals surface area (Å²) in [6.07, 6.45) is 2.54. The molecule has 15 heavy (non-hydrogen) atoms. The number of nitrogens with two attached hydrogens (primary N) is 1. The van der Waals surface area contributed by atoms with Crippen molar-refractivity contribution in [2.45, 2.75) is 44.1 Å². The van der Waals surface area contributed by atoms with Crippen molar-refractivity contribution < 1.29 is 0 Å². The smallest absolute Gasteiger partial charge is 0.0149 e. The zero-order valence-corrected chi connectivity index (χ0v) is 11.2. The number of nitrogens with zero attached hydrogens (tertiary/aromatic N) is 1. The summed E-state index contributed by atoms with van der Waals surface area (Å²) < 4.78 is 0. The van der Waals surface area contributed by atoms with Crippen molar-refractivity contribution in [2.24, 2.45) is 11.7 Å². The lowest BCUT2D eigenvalue weighted by Gasteiger charge is -2.36. The fraction of sp³-hybridized carbons (Fsp3) is 1.00. The summed E-state index contributed by atoms with van der Waals surface area (Å²) in [6.45, 7) is 11.5. The number of thioether (sulfide) groups is 1. The summed E-state index contributed by atoms with van der Waals surface area (Å²) in [5.41, 5.74) is 5.81. The molecule has 2 nitrogen and oxygen atoms in total. The largest absolute Gasteiger partial charge is 0.330 e. The van der Waals surface area contributed by atoms with Crippen LogP contribution < -0.4 is 5.73 Å². The first-order valence-electron chi connectivity index (χ1n) is 6.23. The maximum absolute atomic E-state index is 5.81. The lowest BCUT2D eigenvalue weighted by atomic mass is 10.0. The molecular formula is C12H26N2S. The molecule has 0 aliphatic carbocycles. The van der Waals surface area contributed by atoms with Crippen LogP contribution >= 0.6 is 11.8 Å². The SMILES string of the molecule is CCCC(CN)CN1CC(C)SC(C)C1. The van der Waals surface area contributed by atoms with Gasteiger partial charge in [-0.05, 0) is 18.9 Å². The van der Waals surface area contributed by atoms with Gasteiger partial charge in [-0.1, -0.05) is 27.2 Å². The highest BCUT2D eigenvalue weighted by Gasteiger charge is 2.23. The summed E-state index contributed by atoms with van der Waals surface area (Å²) in [5, 5.41) is 1.57. The minimum Gasteiger partial charge on any atom is -0.330 e. The normalized spacial score (nSPS) is 30.4. The lowest BCUT2D eigenvalue weighted by molar-refractivity contribution is 0.224. The van der Waals surface area contributed by atoms with Gasteiger partial charge >= 0.3 is 0 Å². The molecule has 3 unspecified atom stereocenters. The average Bonchev–Trinajstić information content (AvgIpc) is 2.15.